The molecule has 132 valence electrons. The lowest BCUT2D eigenvalue weighted by molar-refractivity contribution is -0.151. The van der Waals surface area contributed by atoms with Crippen LogP contribution < -0.4 is 5.14 Å². The van der Waals surface area contributed by atoms with Crippen molar-refractivity contribution < 1.29 is 27.5 Å². The Morgan fingerprint density at radius 3 is 2.32 bits per heavy atom. The van der Waals surface area contributed by atoms with Gasteiger partial charge in [0.1, 0.15) is 4.90 Å². The lowest BCUT2D eigenvalue weighted by atomic mass is 10.1. The van der Waals surface area contributed by atoms with Gasteiger partial charge in [0.05, 0.1) is 17.7 Å². The highest BCUT2D eigenvalue weighted by atomic mass is 35.5. The summed E-state index contributed by atoms with van der Waals surface area (Å²) < 4.78 is 32.8. The number of hydrogen-bond acceptors (Lipinski definition) is 6. The Labute approximate surface area is 149 Å². The maximum atomic E-state index is 12.3. The second-order valence-corrected chi connectivity index (χ2v) is 6.85. The first kappa shape index (κ1) is 18.9. The molecule has 2 aromatic rings. The zero-order chi connectivity index (χ0) is 18.6. The molecule has 0 radical (unpaired) electrons. The topological polar surface area (TPSA) is 113 Å². The van der Waals surface area contributed by atoms with Crippen molar-refractivity contribution in [2.75, 3.05) is 7.11 Å². The molecule has 0 aliphatic carbocycles. The summed E-state index contributed by atoms with van der Waals surface area (Å²) in [7, 11) is -2.96. The molecular weight excluding hydrogens is 370 g/mol. The summed E-state index contributed by atoms with van der Waals surface area (Å²) in [5.41, 5.74) is 0.279. The van der Waals surface area contributed by atoms with E-state index in [9.17, 15) is 18.0 Å². The number of hydrogen-bond donors (Lipinski definition) is 1. The Kier molecular flexibility index (Phi) is 5.78. The molecule has 0 aromatic heterocycles. The zero-order valence-corrected chi connectivity index (χ0v) is 14.6. The van der Waals surface area contributed by atoms with E-state index in [4.69, 9.17) is 21.5 Å². The standard InChI is InChI=1S/C16H14ClNO6S/c1-23-16(20)14(10-5-3-2-4-6-10)24-15(19)11-7-8-12(17)13(9-11)25(18,21)22/h2-9,14H,1H3,(H2,18,21,22)/t14-/m0/s1. The number of halogens is 1. The number of sulfonamides is 1. The molecule has 2 N–H and O–H groups in total. The van der Waals surface area contributed by atoms with E-state index in [0.29, 0.717) is 5.56 Å². The van der Waals surface area contributed by atoms with Gasteiger partial charge in [0.25, 0.3) is 0 Å². The molecule has 0 spiro atoms. The van der Waals surface area contributed by atoms with Gasteiger partial charge in [-0.25, -0.2) is 23.1 Å². The van der Waals surface area contributed by atoms with Crippen LogP contribution in [0.2, 0.25) is 5.02 Å². The average molecular weight is 384 g/mol. The molecule has 0 saturated heterocycles. The third-order valence-electron chi connectivity index (χ3n) is 3.22. The van der Waals surface area contributed by atoms with Crippen LogP contribution in [0.1, 0.15) is 22.0 Å². The summed E-state index contributed by atoms with van der Waals surface area (Å²) in [6, 6.07) is 11.7. The third-order valence-corrected chi connectivity index (χ3v) is 4.61. The SMILES string of the molecule is COC(=O)[C@@H](OC(=O)c1ccc(Cl)c(S(N)(=O)=O)c1)c1ccccc1. The van der Waals surface area contributed by atoms with Gasteiger partial charge in [-0.2, -0.15) is 0 Å². The molecule has 0 saturated carbocycles. The van der Waals surface area contributed by atoms with E-state index in [0.717, 1.165) is 13.2 Å². The van der Waals surface area contributed by atoms with E-state index in [2.05, 4.69) is 4.74 Å². The molecule has 0 amide bonds. The average Bonchev–Trinajstić information content (AvgIpc) is 2.59. The molecule has 0 aliphatic heterocycles. The van der Waals surface area contributed by atoms with E-state index in [1.165, 1.54) is 12.1 Å². The Bertz CT molecular complexity index is 898. The molecule has 0 heterocycles. The fourth-order valence-electron chi connectivity index (χ4n) is 2.01. The van der Waals surface area contributed by atoms with Crippen LogP contribution in [0.3, 0.4) is 0 Å². The monoisotopic (exact) mass is 383 g/mol. The van der Waals surface area contributed by atoms with E-state index < -0.39 is 33.0 Å². The molecule has 0 bridgehead atoms. The minimum atomic E-state index is -4.12. The van der Waals surface area contributed by atoms with Crippen molar-refractivity contribution in [3.8, 4) is 0 Å². The van der Waals surface area contributed by atoms with Crippen molar-refractivity contribution in [3.05, 3.63) is 64.7 Å². The van der Waals surface area contributed by atoms with E-state index in [1.54, 1.807) is 30.3 Å². The minimum absolute atomic E-state index is 0.127. The van der Waals surface area contributed by atoms with Gasteiger partial charge < -0.3 is 9.47 Å². The summed E-state index contributed by atoms with van der Waals surface area (Å²) in [6.07, 6.45) is -1.30. The van der Waals surface area contributed by atoms with Crippen molar-refractivity contribution >= 4 is 33.6 Å². The van der Waals surface area contributed by atoms with Gasteiger partial charge in [0.2, 0.25) is 16.1 Å². The second-order valence-electron chi connectivity index (χ2n) is 4.91. The maximum Gasteiger partial charge on any atom is 0.351 e. The van der Waals surface area contributed by atoms with Crippen LogP contribution in [-0.4, -0.2) is 27.5 Å². The quantitative estimate of drug-likeness (QED) is 0.790. The second kappa shape index (κ2) is 7.64. The van der Waals surface area contributed by atoms with Gasteiger partial charge >= 0.3 is 11.9 Å². The van der Waals surface area contributed by atoms with Crippen LogP contribution in [0.25, 0.3) is 0 Å². The largest absolute Gasteiger partial charge is 0.466 e. The summed E-state index contributed by atoms with van der Waals surface area (Å²) in [5, 5.41) is 4.92. The maximum absolute atomic E-state index is 12.3. The highest BCUT2D eigenvalue weighted by Crippen LogP contribution is 2.24. The highest BCUT2D eigenvalue weighted by molar-refractivity contribution is 7.89. The van der Waals surface area contributed by atoms with Gasteiger partial charge in [-0.3, -0.25) is 0 Å². The van der Waals surface area contributed by atoms with Crippen LogP contribution in [-0.2, 0) is 24.3 Å². The lowest BCUT2D eigenvalue weighted by Gasteiger charge is -2.16. The van der Waals surface area contributed by atoms with E-state index in [1.807, 2.05) is 0 Å². The first-order valence-corrected chi connectivity index (χ1v) is 8.82. The van der Waals surface area contributed by atoms with Crippen LogP contribution in [0.5, 0.6) is 0 Å². The molecule has 25 heavy (non-hydrogen) atoms. The Balaban J connectivity index is 2.35. The first-order chi connectivity index (χ1) is 11.7. The fourth-order valence-corrected chi connectivity index (χ4v) is 3.08. The number of ether oxygens (including phenoxy) is 2. The van der Waals surface area contributed by atoms with Gasteiger partial charge in [0, 0.05) is 5.56 Å². The zero-order valence-electron chi connectivity index (χ0n) is 13.0. The summed E-state index contributed by atoms with van der Waals surface area (Å²) >= 11 is 5.77. The molecule has 0 fully saturated rings. The van der Waals surface area contributed by atoms with Crippen molar-refractivity contribution in [1.29, 1.82) is 0 Å². The molecule has 2 rings (SSSR count). The van der Waals surface area contributed by atoms with Gasteiger partial charge in [-0.1, -0.05) is 41.9 Å². The molecule has 0 aliphatic rings. The summed E-state index contributed by atoms with van der Waals surface area (Å²) in [6.45, 7) is 0. The number of carbonyl (C=O) groups is 2. The number of methoxy groups -OCH3 is 1. The Hall–Kier alpha value is -2.42. The van der Waals surface area contributed by atoms with Crippen LogP contribution in [0.15, 0.2) is 53.4 Å². The van der Waals surface area contributed by atoms with Gasteiger partial charge in [-0.15, -0.1) is 0 Å². The molecule has 0 unspecified atom stereocenters. The third kappa shape index (κ3) is 4.56. The molecule has 9 heteroatoms. The minimum Gasteiger partial charge on any atom is -0.466 e. The first-order valence-electron chi connectivity index (χ1n) is 6.90. The molecular formula is C16H14ClNO6S. The van der Waals surface area contributed by atoms with Gasteiger partial charge in [-0.05, 0) is 18.2 Å². The number of esters is 2. The van der Waals surface area contributed by atoms with Crippen LogP contribution >= 0.6 is 11.6 Å². The molecule has 7 nitrogen and oxygen atoms in total. The number of benzene rings is 2. The van der Waals surface area contributed by atoms with Crippen molar-refractivity contribution in [2.24, 2.45) is 5.14 Å². The van der Waals surface area contributed by atoms with Crippen LogP contribution in [0.4, 0.5) is 0 Å². The predicted octanol–water partition coefficient (Wildman–Crippen LogP) is 2.06. The number of primary sulfonamides is 1. The molecule has 1 atom stereocenters. The number of rotatable bonds is 5. The summed E-state index contributed by atoms with van der Waals surface area (Å²) in [4.78, 5) is 23.8. The van der Waals surface area contributed by atoms with Crippen molar-refractivity contribution in [1.82, 2.24) is 0 Å². The number of carbonyl (C=O) groups excluding carboxylic acids is 2. The Morgan fingerprint density at radius 2 is 1.76 bits per heavy atom. The van der Waals surface area contributed by atoms with Crippen LogP contribution in [0, 0.1) is 0 Å². The van der Waals surface area contributed by atoms with E-state index in [-0.39, 0.29) is 10.6 Å². The fraction of sp³-hybridized carbons (Fsp3) is 0.125. The normalized spacial score (nSPS) is 12.3. The smallest absolute Gasteiger partial charge is 0.351 e. The van der Waals surface area contributed by atoms with E-state index >= 15 is 0 Å². The highest BCUT2D eigenvalue weighted by Gasteiger charge is 2.27. The van der Waals surface area contributed by atoms with Gasteiger partial charge in [0.15, 0.2) is 0 Å². The predicted molar refractivity (Wildman–Crippen MR) is 89.4 cm³/mol. The van der Waals surface area contributed by atoms with Crippen molar-refractivity contribution in [2.45, 2.75) is 11.0 Å². The number of nitrogens with two attached hydrogens (primary N) is 1. The lowest BCUT2D eigenvalue weighted by Crippen LogP contribution is -2.21. The summed E-state index contributed by atoms with van der Waals surface area (Å²) in [5.74, 6) is -1.71. The van der Waals surface area contributed by atoms with Crippen molar-refractivity contribution in [3.63, 3.8) is 0 Å². The Morgan fingerprint density at radius 1 is 1.12 bits per heavy atom. The molecule has 2 aromatic carbocycles.